The summed E-state index contributed by atoms with van der Waals surface area (Å²) >= 11 is 0. The van der Waals surface area contributed by atoms with Gasteiger partial charge < -0.3 is 14.2 Å². The van der Waals surface area contributed by atoms with Crippen LogP contribution in [0.3, 0.4) is 0 Å². The summed E-state index contributed by atoms with van der Waals surface area (Å²) < 4.78 is 16.8. The third-order valence-electron chi connectivity index (χ3n) is 11.0. The molecule has 370 valence electrons. The molecule has 0 saturated heterocycles. The number of rotatable bonds is 47. The van der Waals surface area contributed by atoms with Gasteiger partial charge in [-0.3, -0.25) is 14.4 Å². The quantitative estimate of drug-likeness (QED) is 0.0262. The van der Waals surface area contributed by atoms with E-state index in [1.54, 1.807) is 0 Å². The van der Waals surface area contributed by atoms with E-state index in [1.165, 1.54) is 44.9 Å². The van der Waals surface area contributed by atoms with Gasteiger partial charge in [-0.25, -0.2) is 0 Å². The molecule has 1 unspecified atom stereocenters. The van der Waals surface area contributed by atoms with Gasteiger partial charge in [-0.15, -0.1) is 0 Å². The Morgan fingerprint density at radius 1 is 0.323 bits per heavy atom. The van der Waals surface area contributed by atoms with Crippen LogP contribution in [0.4, 0.5) is 0 Å². The second-order valence-electron chi connectivity index (χ2n) is 17.4. The Kier molecular flexibility index (Phi) is 50.0. The first kappa shape index (κ1) is 61.3. The van der Waals surface area contributed by atoms with Gasteiger partial charge >= 0.3 is 17.9 Å². The normalized spacial score (nSPS) is 12.8. The van der Waals surface area contributed by atoms with Crippen molar-refractivity contribution in [3.63, 3.8) is 0 Å². The molecule has 0 bridgehead atoms. The van der Waals surface area contributed by atoms with E-state index in [-0.39, 0.29) is 31.1 Å². The lowest BCUT2D eigenvalue weighted by atomic mass is 10.1. The van der Waals surface area contributed by atoms with Crippen molar-refractivity contribution in [3.05, 3.63) is 97.2 Å². The van der Waals surface area contributed by atoms with Gasteiger partial charge in [-0.05, 0) is 116 Å². The van der Waals surface area contributed by atoms with Crippen molar-refractivity contribution in [1.82, 2.24) is 0 Å². The molecule has 6 heteroatoms. The average molecular weight is 903 g/mol. The molecule has 6 nitrogen and oxygen atoms in total. The van der Waals surface area contributed by atoms with E-state index >= 15 is 0 Å². The van der Waals surface area contributed by atoms with Crippen molar-refractivity contribution in [2.75, 3.05) is 13.2 Å². The van der Waals surface area contributed by atoms with Gasteiger partial charge in [-0.2, -0.15) is 0 Å². The van der Waals surface area contributed by atoms with Crippen molar-refractivity contribution < 1.29 is 28.6 Å². The molecule has 0 amide bonds. The molecule has 0 fully saturated rings. The van der Waals surface area contributed by atoms with Crippen LogP contribution in [0.1, 0.15) is 239 Å². The molecule has 0 aliphatic carbocycles. The van der Waals surface area contributed by atoms with Gasteiger partial charge in [0.05, 0.1) is 0 Å². The van der Waals surface area contributed by atoms with Crippen LogP contribution in [-0.2, 0) is 28.6 Å². The van der Waals surface area contributed by atoms with E-state index < -0.39 is 6.10 Å². The number of esters is 3. The van der Waals surface area contributed by atoms with Crippen molar-refractivity contribution in [2.45, 2.75) is 245 Å². The molecule has 1 atom stereocenters. The highest BCUT2D eigenvalue weighted by molar-refractivity contribution is 5.71. The van der Waals surface area contributed by atoms with Gasteiger partial charge in [0.15, 0.2) is 6.10 Å². The summed E-state index contributed by atoms with van der Waals surface area (Å²) in [5.74, 6) is -0.941. The predicted molar refractivity (Wildman–Crippen MR) is 279 cm³/mol. The van der Waals surface area contributed by atoms with Crippen LogP contribution in [-0.4, -0.2) is 37.2 Å². The molecule has 0 aromatic rings. The van der Waals surface area contributed by atoms with E-state index in [1.807, 2.05) is 0 Å². The van der Waals surface area contributed by atoms with Crippen LogP contribution in [0.2, 0.25) is 0 Å². The van der Waals surface area contributed by atoms with E-state index in [0.717, 1.165) is 154 Å². The Labute approximate surface area is 400 Å². The lowest BCUT2D eigenvalue weighted by Crippen LogP contribution is -2.30. The number of hydrogen-bond acceptors (Lipinski definition) is 6. The summed E-state index contributed by atoms with van der Waals surface area (Å²) in [5.41, 5.74) is 0. The third-order valence-corrected chi connectivity index (χ3v) is 11.0. The number of carbonyl (C=O) groups is 3. The molecule has 0 heterocycles. The maximum atomic E-state index is 12.8. The van der Waals surface area contributed by atoms with Crippen LogP contribution < -0.4 is 0 Å². The monoisotopic (exact) mass is 903 g/mol. The first-order valence-electron chi connectivity index (χ1n) is 26.7. The summed E-state index contributed by atoms with van der Waals surface area (Å²) in [6, 6.07) is 0. The molecule has 0 aromatic carbocycles. The Hall–Kier alpha value is -3.67. The largest absolute Gasteiger partial charge is 0.462 e. The van der Waals surface area contributed by atoms with Crippen molar-refractivity contribution in [1.29, 1.82) is 0 Å². The van der Waals surface area contributed by atoms with Gasteiger partial charge in [0, 0.05) is 19.3 Å². The standard InChI is InChI=1S/C59H98O6/c1-4-7-10-13-16-19-22-24-26-28-29-30-31-32-34-35-37-40-43-46-49-52-58(61)64-55-56(54-63-57(60)51-48-45-42-39-21-18-15-12-9-6-3)65-59(62)53-50-47-44-41-38-36-33-27-25-23-20-17-14-11-8-5-2/h7,10,12,15-16,19-20,23-24,26-27,29-30,32-34,56H,4-6,8-9,11,13-14,17-18,21-22,25,28,31,35-55H2,1-3H3/b10-7-,15-12-,19-16-,23-20-,26-24-,30-29-,33-27-,34-32-. The summed E-state index contributed by atoms with van der Waals surface area (Å²) in [6.45, 7) is 6.40. The lowest BCUT2D eigenvalue weighted by Gasteiger charge is -2.18. The van der Waals surface area contributed by atoms with Gasteiger partial charge in [0.25, 0.3) is 0 Å². The predicted octanol–water partition coefficient (Wildman–Crippen LogP) is 17.8. The van der Waals surface area contributed by atoms with Crippen LogP contribution >= 0.6 is 0 Å². The number of ether oxygens (including phenoxy) is 3. The molecule has 0 saturated carbocycles. The molecule has 0 N–H and O–H groups in total. The molecular formula is C59H98O6. The van der Waals surface area contributed by atoms with Crippen molar-refractivity contribution >= 4 is 17.9 Å². The van der Waals surface area contributed by atoms with Gasteiger partial charge in [0.1, 0.15) is 13.2 Å². The molecular weight excluding hydrogens is 805 g/mol. The Balaban J connectivity index is 4.40. The van der Waals surface area contributed by atoms with Crippen LogP contribution in [0.15, 0.2) is 97.2 Å². The highest BCUT2D eigenvalue weighted by Crippen LogP contribution is 2.13. The highest BCUT2D eigenvalue weighted by Gasteiger charge is 2.19. The van der Waals surface area contributed by atoms with Crippen LogP contribution in [0.25, 0.3) is 0 Å². The molecule has 0 aliphatic rings. The lowest BCUT2D eigenvalue weighted by molar-refractivity contribution is -0.167. The van der Waals surface area contributed by atoms with Gasteiger partial charge in [-0.1, -0.05) is 201 Å². The fourth-order valence-corrected chi connectivity index (χ4v) is 7.03. The maximum Gasteiger partial charge on any atom is 0.306 e. The number of carbonyl (C=O) groups excluding carboxylic acids is 3. The zero-order valence-electron chi connectivity index (χ0n) is 42.2. The van der Waals surface area contributed by atoms with E-state index in [4.69, 9.17) is 14.2 Å². The number of allylic oxidation sites excluding steroid dienone is 16. The molecule has 0 aromatic heterocycles. The summed E-state index contributed by atoms with van der Waals surface area (Å²) in [6.07, 6.45) is 69.6. The second-order valence-corrected chi connectivity index (χ2v) is 17.4. The summed E-state index contributed by atoms with van der Waals surface area (Å²) in [7, 11) is 0. The number of hydrogen-bond donors (Lipinski definition) is 0. The van der Waals surface area contributed by atoms with Crippen molar-refractivity contribution in [3.8, 4) is 0 Å². The fraction of sp³-hybridized carbons (Fsp3) is 0.678. The zero-order chi connectivity index (χ0) is 47.2. The first-order valence-corrected chi connectivity index (χ1v) is 26.7. The van der Waals surface area contributed by atoms with E-state index in [0.29, 0.717) is 19.3 Å². The van der Waals surface area contributed by atoms with Gasteiger partial charge in [0.2, 0.25) is 0 Å². The van der Waals surface area contributed by atoms with E-state index in [2.05, 4.69) is 118 Å². The smallest absolute Gasteiger partial charge is 0.306 e. The minimum atomic E-state index is -0.796. The molecule has 0 spiro atoms. The molecule has 0 radical (unpaired) electrons. The third kappa shape index (κ3) is 51.2. The minimum absolute atomic E-state index is 0.0951. The Bertz CT molecular complexity index is 1310. The minimum Gasteiger partial charge on any atom is -0.462 e. The summed E-state index contributed by atoms with van der Waals surface area (Å²) in [5, 5.41) is 0. The average Bonchev–Trinajstić information content (AvgIpc) is 3.30. The molecule has 0 aliphatic heterocycles. The topological polar surface area (TPSA) is 78.9 Å². The van der Waals surface area contributed by atoms with E-state index in [9.17, 15) is 14.4 Å². The second kappa shape index (κ2) is 52.9. The highest BCUT2D eigenvalue weighted by atomic mass is 16.6. The van der Waals surface area contributed by atoms with Crippen LogP contribution in [0, 0.1) is 0 Å². The van der Waals surface area contributed by atoms with Crippen LogP contribution in [0.5, 0.6) is 0 Å². The van der Waals surface area contributed by atoms with Crippen molar-refractivity contribution in [2.24, 2.45) is 0 Å². The molecule has 65 heavy (non-hydrogen) atoms. The Morgan fingerprint density at radius 3 is 1.02 bits per heavy atom. The SMILES string of the molecule is CC/C=C\C/C=C\C/C=C\C/C=C\C/C=C\CCCCCCCC(=O)OCC(COC(=O)CCCCCCC/C=C\CCC)OC(=O)CCCCCCC/C=C\C/C=C\CCCCCC. The zero-order valence-corrected chi connectivity index (χ0v) is 42.2. The fourth-order valence-electron chi connectivity index (χ4n) is 7.03. The Morgan fingerprint density at radius 2 is 0.631 bits per heavy atom. The maximum absolute atomic E-state index is 12.8. The first-order chi connectivity index (χ1) is 32.0. The number of unbranched alkanes of at least 4 members (excludes halogenated alkanes) is 20. The summed E-state index contributed by atoms with van der Waals surface area (Å²) in [4.78, 5) is 38.0. The molecule has 0 rings (SSSR count).